The Bertz CT molecular complexity index is 777. The van der Waals surface area contributed by atoms with Gasteiger partial charge in [-0.2, -0.15) is 5.10 Å². The highest BCUT2D eigenvalue weighted by molar-refractivity contribution is 6.06. The molecule has 1 aromatic heterocycles. The summed E-state index contributed by atoms with van der Waals surface area (Å²) in [6, 6.07) is 11.0. The Kier molecular flexibility index (Phi) is 2.95. The van der Waals surface area contributed by atoms with Gasteiger partial charge in [0.25, 0.3) is 5.91 Å². The van der Waals surface area contributed by atoms with Crippen LogP contribution in [0.25, 0.3) is 10.9 Å². The van der Waals surface area contributed by atoms with Crippen molar-refractivity contribution in [1.82, 2.24) is 9.78 Å². The molecule has 0 fully saturated rings. The molecule has 0 unspecified atom stereocenters. The average molecular weight is 269 g/mol. The lowest BCUT2D eigenvalue weighted by atomic mass is 10.1. The number of rotatable bonds is 2. The van der Waals surface area contributed by atoms with Gasteiger partial charge in [0.15, 0.2) is 0 Å². The molecule has 100 valence electrons. The Morgan fingerprint density at radius 1 is 1.20 bits per heavy atom. The number of anilines is 1. The van der Waals surface area contributed by atoms with Crippen molar-refractivity contribution >= 4 is 22.5 Å². The van der Waals surface area contributed by atoms with Gasteiger partial charge in [-0.1, -0.05) is 6.07 Å². The van der Waals surface area contributed by atoms with Crippen LogP contribution in [0.4, 0.5) is 10.1 Å². The van der Waals surface area contributed by atoms with Gasteiger partial charge in [-0.25, -0.2) is 4.39 Å². The summed E-state index contributed by atoms with van der Waals surface area (Å²) >= 11 is 0. The molecule has 0 bridgehead atoms. The Labute approximate surface area is 114 Å². The molecule has 0 saturated heterocycles. The quantitative estimate of drug-likeness (QED) is 0.777. The monoisotopic (exact) mass is 269 g/mol. The molecule has 0 aliphatic rings. The molecule has 1 heterocycles. The maximum absolute atomic E-state index is 12.8. The number of halogens is 1. The van der Waals surface area contributed by atoms with Gasteiger partial charge >= 0.3 is 0 Å². The molecular weight excluding hydrogens is 257 g/mol. The Balaban J connectivity index is 1.88. The number of hydrogen-bond donors (Lipinski definition) is 1. The van der Waals surface area contributed by atoms with Crippen LogP contribution in [0.15, 0.2) is 48.7 Å². The number of aromatic nitrogens is 2. The van der Waals surface area contributed by atoms with E-state index in [1.807, 2.05) is 13.1 Å². The second kappa shape index (κ2) is 4.77. The van der Waals surface area contributed by atoms with E-state index in [9.17, 15) is 9.18 Å². The van der Waals surface area contributed by atoms with Crippen LogP contribution < -0.4 is 5.32 Å². The molecular formula is C15H12FN3O. The summed E-state index contributed by atoms with van der Waals surface area (Å²) < 4.78 is 14.5. The minimum atomic E-state index is -0.334. The average Bonchev–Trinajstić information content (AvgIpc) is 2.82. The molecule has 1 amide bonds. The van der Waals surface area contributed by atoms with E-state index in [1.54, 1.807) is 23.0 Å². The SMILES string of the molecule is Cn1ncc2ccc(C(=O)Nc3ccc(F)cc3)cc21. The molecule has 0 radical (unpaired) electrons. The summed E-state index contributed by atoms with van der Waals surface area (Å²) in [4.78, 5) is 12.1. The van der Waals surface area contributed by atoms with Crippen molar-refractivity contribution < 1.29 is 9.18 Å². The summed E-state index contributed by atoms with van der Waals surface area (Å²) in [6.07, 6.45) is 1.75. The highest BCUT2D eigenvalue weighted by Crippen LogP contribution is 2.16. The van der Waals surface area contributed by atoms with E-state index in [2.05, 4.69) is 10.4 Å². The minimum Gasteiger partial charge on any atom is -0.322 e. The first-order valence-electron chi connectivity index (χ1n) is 6.12. The Morgan fingerprint density at radius 2 is 1.95 bits per heavy atom. The van der Waals surface area contributed by atoms with E-state index in [-0.39, 0.29) is 11.7 Å². The Hall–Kier alpha value is -2.69. The van der Waals surface area contributed by atoms with Gasteiger partial charge in [0.2, 0.25) is 0 Å². The lowest BCUT2D eigenvalue weighted by molar-refractivity contribution is 0.102. The van der Waals surface area contributed by atoms with Gasteiger partial charge in [0.1, 0.15) is 5.82 Å². The van der Waals surface area contributed by atoms with Crippen LogP contribution in [0, 0.1) is 5.82 Å². The summed E-state index contributed by atoms with van der Waals surface area (Å²) in [5, 5.41) is 7.84. The maximum atomic E-state index is 12.8. The van der Waals surface area contributed by atoms with Gasteiger partial charge in [-0.15, -0.1) is 0 Å². The number of nitrogens with zero attached hydrogens (tertiary/aromatic N) is 2. The predicted molar refractivity (Wildman–Crippen MR) is 75.1 cm³/mol. The summed E-state index contributed by atoms with van der Waals surface area (Å²) in [7, 11) is 1.82. The van der Waals surface area contributed by atoms with Gasteiger partial charge in [-0.05, 0) is 36.4 Å². The lowest BCUT2D eigenvalue weighted by Gasteiger charge is -2.05. The number of aryl methyl sites for hydroxylation is 1. The molecule has 0 spiro atoms. The van der Waals surface area contributed by atoms with Crippen molar-refractivity contribution in [3.8, 4) is 0 Å². The van der Waals surface area contributed by atoms with Gasteiger partial charge < -0.3 is 5.32 Å². The maximum Gasteiger partial charge on any atom is 0.255 e. The zero-order valence-electron chi connectivity index (χ0n) is 10.8. The first kappa shape index (κ1) is 12.3. The first-order chi connectivity index (χ1) is 9.63. The largest absolute Gasteiger partial charge is 0.322 e. The van der Waals surface area contributed by atoms with Crippen molar-refractivity contribution in [3.05, 3.63) is 60.0 Å². The van der Waals surface area contributed by atoms with Gasteiger partial charge in [0.05, 0.1) is 11.7 Å². The van der Waals surface area contributed by atoms with Crippen LogP contribution in [0.2, 0.25) is 0 Å². The number of fused-ring (bicyclic) bond motifs is 1. The van der Waals surface area contributed by atoms with Crippen LogP contribution in [0.1, 0.15) is 10.4 Å². The summed E-state index contributed by atoms with van der Waals surface area (Å²) in [5.74, 6) is -0.570. The topological polar surface area (TPSA) is 46.9 Å². The number of carbonyl (C=O) groups is 1. The molecule has 0 aliphatic heterocycles. The molecule has 0 atom stereocenters. The molecule has 20 heavy (non-hydrogen) atoms. The smallest absolute Gasteiger partial charge is 0.255 e. The molecule has 5 heteroatoms. The lowest BCUT2D eigenvalue weighted by Crippen LogP contribution is -2.11. The van der Waals surface area contributed by atoms with Crippen LogP contribution in [0.3, 0.4) is 0 Å². The van der Waals surface area contributed by atoms with Crippen molar-refractivity contribution in [2.75, 3.05) is 5.32 Å². The fraction of sp³-hybridized carbons (Fsp3) is 0.0667. The third-order valence-corrected chi connectivity index (χ3v) is 3.11. The van der Waals surface area contributed by atoms with Crippen LogP contribution in [0.5, 0.6) is 0 Å². The molecule has 0 saturated carbocycles. The van der Waals surface area contributed by atoms with Gasteiger partial charge in [-0.3, -0.25) is 9.48 Å². The molecule has 0 aliphatic carbocycles. The summed E-state index contributed by atoms with van der Waals surface area (Å²) in [6.45, 7) is 0. The standard InChI is InChI=1S/C15H12FN3O/c1-19-14-8-10(2-3-11(14)9-17-19)15(20)18-13-6-4-12(16)5-7-13/h2-9H,1H3,(H,18,20). The van der Waals surface area contributed by atoms with Crippen LogP contribution >= 0.6 is 0 Å². The number of hydrogen-bond acceptors (Lipinski definition) is 2. The molecule has 2 aromatic carbocycles. The van der Waals surface area contributed by atoms with E-state index in [1.165, 1.54) is 24.3 Å². The fourth-order valence-corrected chi connectivity index (χ4v) is 2.02. The van der Waals surface area contributed by atoms with E-state index >= 15 is 0 Å². The molecule has 3 aromatic rings. The van der Waals surface area contributed by atoms with Gasteiger partial charge in [0, 0.05) is 23.7 Å². The summed E-state index contributed by atoms with van der Waals surface area (Å²) in [5.41, 5.74) is 1.98. The van der Waals surface area contributed by atoms with E-state index in [0.29, 0.717) is 11.3 Å². The number of benzene rings is 2. The van der Waals surface area contributed by atoms with Crippen LogP contribution in [-0.4, -0.2) is 15.7 Å². The number of amides is 1. The van der Waals surface area contributed by atoms with Crippen molar-refractivity contribution in [2.45, 2.75) is 0 Å². The van der Waals surface area contributed by atoms with Crippen molar-refractivity contribution in [2.24, 2.45) is 7.05 Å². The second-order valence-electron chi connectivity index (χ2n) is 4.50. The molecule has 1 N–H and O–H groups in total. The number of carbonyl (C=O) groups excluding carboxylic acids is 1. The van der Waals surface area contributed by atoms with Crippen molar-refractivity contribution in [3.63, 3.8) is 0 Å². The zero-order valence-corrected chi connectivity index (χ0v) is 10.8. The molecule has 3 rings (SSSR count). The number of nitrogens with one attached hydrogen (secondary N) is 1. The van der Waals surface area contributed by atoms with Crippen LogP contribution in [-0.2, 0) is 7.05 Å². The zero-order chi connectivity index (χ0) is 14.1. The second-order valence-corrected chi connectivity index (χ2v) is 4.50. The van der Waals surface area contributed by atoms with E-state index < -0.39 is 0 Å². The van der Waals surface area contributed by atoms with E-state index in [4.69, 9.17) is 0 Å². The third kappa shape index (κ3) is 2.25. The minimum absolute atomic E-state index is 0.236. The third-order valence-electron chi connectivity index (χ3n) is 3.11. The van der Waals surface area contributed by atoms with E-state index in [0.717, 1.165) is 10.9 Å². The normalized spacial score (nSPS) is 10.7. The Morgan fingerprint density at radius 3 is 2.70 bits per heavy atom. The molecule has 4 nitrogen and oxygen atoms in total. The highest BCUT2D eigenvalue weighted by Gasteiger charge is 2.08. The fourth-order valence-electron chi connectivity index (χ4n) is 2.02. The first-order valence-corrected chi connectivity index (χ1v) is 6.12. The predicted octanol–water partition coefficient (Wildman–Crippen LogP) is 2.96. The highest BCUT2D eigenvalue weighted by atomic mass is 19.1. The van der Waals surface area contributed by atoms with Crippen molar-refractivity contribution in [1.29, 1.82) is 0 Å².